The van der Waals surface area contributed by atoms with Gasteiger partial charge in [-0.25, -0.2) is 12.8 Å². The van der Waals surface area contributed by atoms with Gasteiger partial charge in [0.1, 0.15) is 11.6 Å². The summed E-state index contributed by atoms with van der Waals surface area (Å²) in [4.78, 5) is 12.3. The van der Waals surface area contributed by atoms with Crippen LogP contribution in [0.2, 0.25) is 5.02 Å². The summed E-state index contributed by atoms with van der Waals surface area (Å²) < 4.78 is 45.7. The normalized spacial score (nSPS) is 12.1. The van der Waals surface area contributed by atoms with Crippen LogP contribution < -0.4 is 14.8 Å². The zero-order valence-corrected chi connectivity index (χ0v) is 17.4. The molecule has 9 heteroatoms. The Morgan fingerprint density at radius 2 is 1.63 bits per heavy atom. The second-order valence-corrected chi connectivity index (χ2v) is 8.46. The molecule has 3 aromatic carbocycles. The number of benzene rings is 3. The van der Waals surface area contributed by atoms with Crippen molar-refractivity contribution < 1.29 is 22.3 Å². The van der Waals surface area contributed by atoms with Crippen molar-refractivity contribution in [3.05, 3.63) is 83.6 Å². The van der Waals surface area contributed by atoms with Crippen LogP contribution in [0.25, 0.3) is 0 Å². The Kier molecular flexibility index (Phi) is 6.59. The smallest absolute Gasteiger partial charge is 0.265 e. The van der Waals surface area contributed by atoms with Gasteiger partial charge in [0.25, 0.3) is 15.9 Å². The van der Waals surface area contributed by atoms with Crippen LogP contribution in [0.3, 0.4) is 0 Å². The number of carbonyl (C=O) groups excluding carboxylic acids is 1. The summed E-state index contributed by atoms with van der Waals surface area (Å²) >= 11 is 5.90. The van der Waals surface area contributed by atoms with Gasteiger partial charge in [0.05, 0.1) is 4.90 Å². The van der Waals surface area contributed by atoms with Crippen molar-refractivity contribution in [3.63, 3.8) is 0 Å². The van der Waals surface area contributed by atoms with Crippen LogP contribution in [-0.2, 0) is 14.8 Å². The molecule has 0 aliphatic rings. The summed E-state index contributed by atoms with van der Waals surface area (Å²) in [6.45, 7) is 1.59. The van der Waals surface area contributed by atoms with Crippen LogP contribution in [0, 0.1) is 5.82 Å². The van der Waals surface area contributed by atoms with E-state index in [1.165, 1.54) is 36.4 Å². The average Bonchev–Trinajstić information content (AvgIpc) is 2.70. The molecule has 2 N–H and O–H groups in total. The minimum atomic E-state index is -3.85. The van der Waals surface area contributed by atoms with Crippen molar-refractivity contribution >= 4 is 38.9 Å². The van der Waals surface area contributed by atoms with Crippen LogP contribution >= 0.6 is 11.6 Å². The van der Waals surface area contributed by atoms with Gasteiger partial charge in [0.15, 0.2) is 6.10 Å². The quantitative estimate of drug-likeness (QED) is 0.549. The summed E-state index contributed by atoms with van der Waals surface area (Å²) in [6, 6.07) is 17.3. The lowest BCUT2D eigenvalue weighted by Crippen LogP contribution is -2.30. The lowest BCUT2D eigenvalue weighted by Gasteiger charge is -2.15. The van der Waals surface area contributed by atoms with E-state index >= 15 is 0 Å². The third-order valence-electron chi connectivity index (χ3n) is 4.01. The Hall–Kier alpha value is -3.10. The van der Waals surface area contributed by atoms with E-state index in [0.29, 0.717) is 16.5 Å². The third kappa shape index (κ3) is 5.71. The number of sulfonamides is 1. The average molecular weight is 449 g/mol. The van der Waals surface area contributed by atoms with E-state index in [-0.39, 0.29) is 10.6 Å². The van der Waals surface area contributed by atoms with E-state index in [1.54, 1.807) is 31.2 Å². The van der Waals surface area contributed by atoms with Crippen LogP contribution in [0.4, 0.5) is 15.8 Å². The first-order valence-corrected chi connectivity index (χ1v) is 10.7. The Balaban J connectivity index is 1.63. The second kappa shape index (κ2) is 9.15. The van der Waals surface area contributed by atoms with Gasteiger partial charge in [-0.2, -0.15) is 0 Å². The maximum atomic E-state index is 13.0. The van der Waals surface area contributed by atoms with Gasteiger partial charge in [0.2, 0.25) is 0 Å². The predicted molar refractivity (Wildman–Crippen MR) is 114 cm³/mol. The molecular formula is C21H18ClFN2O4S. The first-order chi connectivity index (χ1) is 14.2. The van der Waals surface area contributed by atoms with Gasteiger partial charge >= 0.3 is 0 Å². The number of hydrogen-bond acceptors (Lipinski definition) is 4. The molecular weight excluding hydrogens is 431 g/mol. The highest BCUT2D eigenvalue weighted by atomic mass is 35.5. The number of rotatable bonds is 7. The van der Waals surface area contributed by atoms with E-state index in [9.17, 15) is 17.6 Å². The van der Waals surface area contributed by atoms with E-state index in [4.69, 9.17) is 16.3 Å². The molecule has 1 unspecified atom stereocenters. The molecule has 0 heterocycles. The lowest BCUT2D eigenvalue weighted by atomic mass is 10.3. The SMILES string of the molecule is CC(Oc1cccc(Cl)c1)C(=O)Nc1ccc(S(=O)(=O)Nc2ccc(F)cc2)cc1. The van der Waals surface area contributed by atoms with Gasteiger partial charge in [-0.1, -0.05) is 17.7 Å². The van der Waals surface area contributed by atoms with Crippen molar-refractivity contribution in [2.75, 3.05) is 10.0 Å². The number of halogens is 2. The maximum absolute atomic E-state index is 13.0. The van der Waals surface area contributed by atoms with E-state index in [1.807, 2.05) is 0 Å². The summed E-state index contributed by atoms with van der Waals surface area (Å²) in [7, 11) is -3.85. The fraction of sp³-hybridized carbons (Fsp3) is 0.0952. The molecule has 0 aliphatic heterocycles. The topological polar surface area (TPSA) is 84.5 Å². The minimum Gasteiger partial charge on any atom is -0.481 e. The van der Waals surface area contributed by atoms with E-state index in [2.05, 4.69) is 10.0 Å². The number of ether oxygens (including phenoxy) is 1. The molecule has 156 valence electrons. The Labute approximate surface area is 178 Å². The van der Waals surface area contributed by atoms with Crippen molar-refractivity contribution in [2.45, 2.75) is 17.9 Å². The molecule has 0 saturated heterocycles. The molecule has 6 nitrogen and oxygen atoms in total. The highest BCUT2D eigenvalue weighted by Crippen LogP contribution is 2.20. The number of hydrogen-bond donors (Lipinski definition) is 2. The van der Waals surface area contributed by atoms with Crippen molar-refractivity contribution in [1.29, 1.82) is 0 Å². The molecule has 30 heavy (non-hydrogen) atoms. The van der Waals surface area contributed by atoms with E-state index < -0.39 is 27.9 Å². The molecule has 0 saturated carbocycles. The largest absolute Gasteiger partial charge is 0.481 e. The fourth-order valence-electron chi connectivity index (χ4n) is 2.49. The molecule has 0 aliphatic carbocycles. The molecule has 1 atom stereocenters. The van der Waals surface area contributed by atoms with Gasteiger partial charge in [0, 0.05) is 16.4 Å². The number of amides is 1. The lowest BCUT2D eigenvalue weighted by molar-refractivity contribution is -0.122. The van der Waals surface area contributed by atoms with Crippen molar-refractivity contribution in [1.82, 2.24) is 0 Å². The Morgan fingerprint density at radius 3 is 2.27 bits per heavy atom. The van der Waals surface area contributed by atoms with Crippen molar-refractivity contribution in [3.8, 4) is 5.75 Å². The van der Waals surface area contributed by atoms with Gasteiger partial charge in [-0.3, -0.25) is 9.52 Å². The first kappa shape index (κ1) is 21.6. The number of nitrogens with one attached hydrogen (secondary N) is 2. The Bertz CT molecular complexity index is 1140. The summed E-state index contributed by atoms with van der Waals surface area (Å²) in [5.41, 5.74) is 0.642. The molecule has 3 rings (SSSR count). The molecule has 3 aromatic rings. The van der Waals surface area contributed by atoms with Crippen LogP contribution in [0.15, 0.2) is 77.7 Å². The van der Waals surface area contributed by atoms with Gasteiger partial charge in [-0.15, -0.1) is 0 Å². The minimum absolute atomic E-state index is 0.00644. The van der Waals surface area contributed by atoms with Crippen LogP contribution in [0.5, 0.6) is 5.75 Å². The van der Waals surface area contributed by atoms with E-state index in [0.717, 1.165) is 12.1 Å². The summed E-state index contributed by atoms with van der Waals surface area (Å²) in [6.07, 6.45) is -0.799. The van der Waals surface area contributed by atoms with Gasteiger partial charge < -0.3 is 10.1 Å². The standard InChI is InChI=1S/C21H18ClFN2O4S/c1-14(29-19-4-2-3-15(22)13-19)21(26)24-17-9-11-20(12-10-17)30(27,28)25-18-7-5-16(23)6-8-18/h2-14,25H,1H3,(H,24,26). The van der Waals surface area contributed by atoms with Gasteiger partial charge in [-0.05, 0) is 73.7 Å². The predicted octanol–water partition coefficient (Wildman–Crippen LogP) is 4.69. The first-order valence-electron chi connectivity index (χ1n) is 8.84. The molecule has 0 fully saturated rings. The highest BCUT2D eigenvalue weighted by molar-refractivity contribution is 7.92. The molecule has 1 amide bonds. The Morgan fingerprint density at radius 1 is 1.00 bits per heavy atom. The third-order valence-corrected chi connectivity index (χ3v) is 5.64. The second-order valence-electron chi connectivity index (χ2n) is 6.34. The maximum Gasteiger partial charge on any atom is 0.265 e. The van der Waals surface area contributed by atoms with Crippen molar-refractivity contribution in [2.24, 2.45) is 0 Å². The number of anilines is 2. The zero-order chi connectivity index (χ0) is 21.7. The zero-order valence-electron chi connectivity index (χ0n) is 15.8. The number of carbonyl (C=O) groups is 1. The molecule has 0 bridgehead atoms. The van der Waals surface area contributed by atoms with Crippen LogP contribution in [-0.4, -0.2) is 20.4 Å². The fourth-order valence-corrected chi connectivity index (χ4v) is 3.73. The van der Waals surface area contributed by atoms with Crippen LogP contribution in [0.1, 0.15) is 6.92 Å². The molecule has 0 spiro atoms. The summed E-state index contributed by atoms with van der Waals surface area (Å²) in [5.74, 6) is -0.417. The monoisotopic (exact) mass is 448 g/mol. The highest BCUT2D eigenvalue weighted by Gasteiger charge is 2.17. The molecule has 0 radical (unpaired) electrons. The summed E-state index contributed by atoms with van der Waals surface area (Å²) in [5, 5.41) is 3.15. The molecule has 0 aromatic heterocycles.